The van der Waals surface area contributed by atoms with Crippen molar-refractivity contribution in [2.75, 3.05) is 20.2 Å². The lowest BCUT2D eigenvalue weighted by atomic mass is 10.2. The molecule has 130 valence electrons. The average molecular weight is 329 g/mol. The fourth-order valence-corrected chi connectivity index (χ4v) is 2.22. The van der Waals surface area contributed by atoms with Crippen LogP contribution in [0.4, 0.5) is 0 Å². The minimum Gasteiger partial charge on any atom is -0.477 e. The fourth-order valence-electron chi connectivity index (χ4n) is 2.22. The summed E-state index contributed by atoms with van der Waals surface area (Å²) in [4.78, 5) is 8.58. The first-order valence-corrected chi connectivity index (χ1v) is 8.45. The van der Waals surface area contributed by atoms with E-state index in [0.29, 0.717) is 19.0 Å². The summed E-state index contributed by atoms with van der Waals surface area (Å²) in [5, 5.41) is 6.61. The minimum atomic E-state index is 0.624. The third kappa shape index (κ3) is 5.95. The molecule has 2 rings (SSSR count). The third-order valence-electron chi connectivity index (χ3n) is 3.59. The van der Waals surface area contributed by atoms with Gasteiger partial charge in [-0.05, 0) is 24.6 Å². The average Bonchev–Trinajstić information content (AvgIpc) is 3.12. The Kier molecular flexibility index (Phi) is 7.67. The van der Waals surface area contributed by atoms with Crippen molar-refractivity contribution in [3.63, 3.8) is 0 Å². The van der Waals surface area contributed by atoms with Crippen LogP contribution in [0.5, 0.6) is 5.88 Å². The number of pyridine rings is 1. The lowest BCUT2D eigenvalue weighted by Gasteiger charge is -2.14. The summed E-state index contributed by atoms with van der Waals surface area (Å²) in [6.07, 6.45) is 8.00. The van der Waals surface area contributed by atoms with Crippen LogP contribution in [0.15, 0.2) is 47.8 Å². The predicted octanol–water partition coefficient (Wildman–Crippen LogP) is 2.43. The Labute approximate surface area is 144 Å². The number of nitrogens with zero attached hydrogens (tertiary/aromatic N) is 3. The summed E-state index contributed by atoms with van der Waals surface area (Å²) < 4.78 is 7.88. The lowest BCUT2D eigenvalue weighted by molar-refractivity contribution is 0.294. The number of ether oxygens (including phenoxy) is 1. The van der Waals surface area contributed by atoms with Gasteiger partial charge in [0.15, 0.2) is 5.96 Å². The van der Waals surface area contributed by atoms with Gasteiger partial charge in [0.05, 0.1) is 6.61 Å². The van der Waals surface area contributed by atoms with Gasteiger partial charge in [-0.3, -0.25) is 4.99 Å². The van der Waals surface area contributed by atoms with Crippen LogP contribution in [0.25, 0.3) is 0 Å². The molecule has 2 N–H and O–H groups in total. The molecule has 6 nitrogen and oxygen atoms in total. The van der Waals surface area contributed by atoms with E-state index in [4.69, 9.17) is 4.74 Å². The van der Waals surface area contributed by atoms with E-state index in [9.17, 15) is 0 Å². The van der Waals surface area contributed by atoms with Crippen molar-refractivity contribution in [2.45, 2.75) is 32.9 Å². The second kappa shape index (κ2) is 10.3. The van der Waals surface area contributed by atoms with Crippen molar-refractivity contribution >= 4 is 5.96 Å². The van der Waals surface area contributed by atoms with E-state index in [0.717, 1.165) is 37.5 Å². The smallest absolute Gasteiger partial charge is 0.218 e. The fraction of sp³-hybridized carbons (Fsp3) is 0.444. The highest BCUT2D eigenvalue weighted by Crippen LogP contribution is 2.14. The Balaban J connectivity index is 1.79. The first-order valence-electron chi connectivity index (χ1n) is 8.45. The molecule has 0 fully saturated rings. The molecule has 0 atom stereocenters. The standard InChI is InChI=1S/C18H27N5O/c1-3-4-14-24-17-16(8-7-9-20-17)15-22-18(19-2)21-10-13-23-11-5-6-12-23/h5-9,11-12H,3-4,10,13-15H2,1-2H3,(H2,19,21,22). The number of aromatic nitrogens is 2. The van der Waals surface area contributed by atoms with Crippen LogP contribution < -0.4 is 15.4 Å². The topological polar surface area (TPSA) is 63.5 Å². The van der Waals surface area contributed by atoms with E-state index in [1.165, 1.54) is 0 Å². The summed E-state index contributed by atoms with van der Waals surface area (Å²) in [6.45, 7) is 5.17. The second-order valence-corrected chi connectivity index (χ2v) is 5.44. The van der Waals surface area contributed by atoms with E-state index in [1.54, 1.807) is 13.2 Å². The molecule has 0 saturated heterocycles. The van der Waals surface area contributed by atoms with Gasteiger partial charge in [-0.15, -0.1) is 0 Å². The largest absolute Gasteiger partial charge is 0.477 e. The molecule has 0 unspecified atom stereocenters. The maximum absolute atomic E-state index is 5.76. The van der Waals surface area contributed by atoms with Gasteiger partial charge in [-0.25, -0.2) is 4.98 Å². The first-order chi connectivity index (χ1) is 11.8. The molecule has 2 aromatic heterocycles. The Morgan fingerprint density at radius 3 is 2.83 bits per heavy atom. The van der Waals surface area contributed by atoms with Gasteiger partial charge < -0.3 is 19.9 Å². The molecule has 0 radical (unpaired) electrons. The lowest BCUT2D eigenvalue weighted by Crippen LogP contribution is -2.38. The maximum Gasteiger partial charge on any atom is 0.218 e. The van der Waals surface area contributed by atoms with Crippen molar-refractivity contribution < 1.29 is 4.74 Å². The van der Waals surface area contributed by atoms with Crippen LogP contribution >= 0.6 is 0 Å². The molecule has 0 aliphatic heterocycles. The Bertz CT molecular complexity index is 610. The van der Waals surface area contributed by atoms with Gasteiger partial charge in [0.2, 0.25) is 5.88 Å². The number of hydrogen-bond acceptors (Lipinski definition) is 3. The summed E-state index contributed by atoms with van der Waals surface area (Å²) in [5.74, 6) is 1.46. The van der Waals surface area contributed by atoms with Gasteiger partial charge in [-0.1, -0.05) is 19.4 Å². The Morgan fingerprint density at radius 1 is 1.25 bits per heavy atom. The maximum atomic E-state index is 5.76. The highest BCUT2D eigenvalue weighted by molar-refractivity contribution is 5.79. The van der Waals surface area contributed by atoms with Gasteiger partial charge in [0.25, 0.3) is 0 Å². The van der Waals surface area contributed by atoms with Crippen LogP contribution in [0.2, 0.25) is 0 Å². The molecular formula is C18H27N5O. The highest BCUT2D eigenvalue weighted by atomic mass is 16.5. The highest BCUT2D eigenvalue weighted by Gasteiger charge is 2.05. The summed E-state index contributed by atoms with van der Waals surface area (Å²) >= 11 is 0. The van der Waals surface area contributed by atoms with E-state index >= 15 is 0 Å². The van der Waals surface area contributed by atoms with Crippen molar-refractivity contribution in [1.82, 2.24) is 20.2 Å². The number of hydrogen-bond donors (Lipinski definition) is 2. The zero-order valence-corrected chi connectivity index (χ0v) is 14.5. The van der Waals surface area contributed by atoms with Crippen LogP contribution in [0.3, 0.4) is 0 Å². The number of guanidine groups is 1. The second-order valence-electron chi connectivity index (χ2n) is 5.44. The molecule has 0 aromatic carbocycles. The van der Waals surface area contributed by atoms with Crippen LogP contribution in [0.1, 0.15) is 25.3 Å². The quantitative estimate of drug-likeness (QED) is 0.421. The molecule has 0 aliphatic rings. The molecule has 0 saturated carbocycles. The summed E-state index contributed by atoms with van der Waals surface area (Å²) in [6, 6.07) is 7.99. The molecule has 0 aliphatic carbocycles. The van der Waals surface area contributed by atoms with E-state index in [1.807, 2.05) is 36.7 Å². The van der Waals surface area contributed by atoms with Crippen LogP contribution in [0, 0.1) is 0 Å². The number of nitrogens with one attached hydrogen (secondary N) is 2. The van der Waals surface area contributed by atoms with E-state index in [2.05, 4.69) is 32.1 Å². The van der Waals surface area contributed by atoms with Crippen LogP contribution in [-0.4, -0.2) is 35.7 Å². The van der Waals surface area contributed by atoms with E-state index in [-0.39, 0.29) is 0 Å². The number of aliphatic imine (C=N–C) groups is 1. The van der Waals surface area contributed by atoms with Crippen molar-refractivity contribution in [2.24, 2.45) is 4.99 Å². The van der Waals surface area contributed by atoms with Gasteiger partial charge in [0, 0.05) is 50.8 Å². The first kappa shape index (κ1) is 17.8. The zero-order chi connectivity index (χ0) is 17.0. The predicted molar refractivity (Wildman–Crippen MR) is 97.3 cm³/mol. The van der Waals surface area contributed by atoms with E-state index < -0.39 is 0 Å². The zero-order valence-electron chi connectivity index (χ0n) is 14.5. The Hall–Kier alpha value is -2.50. The molecule has 2 heterocycles. The minimum absolute atomic E-state index is 0.624. The normalized spacial score (nSPS) is 11.3. The molecule has 2 aromatic rings. The van der Waals surface area contributed by atoms with Crippen molar-refractivity contribution in [3.8, 4) is 5.88 Å². The molecular weight excluding hydrogens is 302 g/mol. The van der Waals surface area contributed by atoms with Crippen molar-refractivity contribution in [3.05, 3.63) is 48.4 Å². The van der Waals surface area contributed by atoms with Crippen molar-refractivity contribution in [1.29, 1.82) is 0 Å². The van der Waals surface area contributed by atoms with Gasteiger partial charge >= 0.3 is 0 Å². The SMILES string of the molecule is CCCCOc1ncccc1CNC(=NC)NCCn1cccc1. The summed E-state index contributed by atoms with van der Waals surface area (Å²) in [7, 11) is 1.77. The summed E-state index contributed by atoms with van der Waals surface area (Å²) in [5.41, 5.74) is 1.03. The molecule has 0 bridgehead atoms. The monoisotopic (exact) mass is 329 g/mol. The molecule has 0 spiro atoms. The third-order valence-corrected chi connectivity index (χ3v) is 3.59. The Morgan fingerprint density at radius 2 is 2.08 bits per heavy atom. The number of rotatable bonds is 9. The van der Waals surface area contributed by atoms with Gasteiger partial charge in [-0.2, -0.15) is 0 Å². The molecule has 24 heavy (non-hydrogen) atoms. The number of unbranched alkanes of at least 4 members (excludes halogenated alkanes) is 1. The molecule has 0 amide bonds. The van der Waals surface area contributed by atoms with Crippen LogP contribution in [-0.2, 0) is 13.1 Å². The van der Waals surface area contributed by atoms with Gasteiger partial charge in [0.1, 0.15) is 0 Å². The molecule has 6 heteroatoms.